The number of anilines is 1. The SMILES string of the molecule is CN=C1NCNc2cc([IH+])sc21. The van der Waals surface area contributed by atoms with E-state index < -0.39 is 0 Å². The number of halogens is 1. The lowest BCUT2D eigenvalue weighted by Gasteiger charge is -2.16. The second-order valence-electron chi connectivity index (χ2n) is 2.41. The number of rotatable bonds is 0. The largest absolute Gasteiger partial charge is 0.366 e. The van der Waals surface area contributed by atoms with Crippen molar-refractivity contribution in [3.8, 4) is 0 Å². The predicted octanol–water partition coefficient (Wildman–Crippen LogP) is -2.45. The number of thiophene rings is 1. The Morgan fingerprint density at radius 3 is 3.17 bits per heavy atom. The molecule has 2 heterocycles. The molecule has 0 amide bonds. The monoisotopic (exact) mass is 294 g/mol. The number of aliphatic imine (C=N–C) groups is 1. The van der Waals surface area contributed by atoms with Gasteiger partial charge in [-0.15, -0.1) is 0 Å². The van der Waals surface area contributed by atoms with Crippen molar-refractivity contribution >= 4 is 22.9 Å². The Morgan fingerprint density at radius 2 is 2.42 bits per heavy atom. The van der Waals surface area contributed by atoms with Crippen LogP contribution in [0.3, 0.4) is 0 Å². The number of hydrogen-bond acceptors (Lipinski definition) is 3. The van der Waals surface area contributed by atoms with Gasteiger partial charge in [0.25, 0.3) is 0 Å². The quantitative estimate of drug-likeness (QED) is 0.521. The van der Waals surface area contributed by atoms with Gasteiger partial charge >= 0.3 is 22.6 Å². The first kappa shape index (κ1) is 8.31. The van der Waals surface area contributed by atoms with E-state index in [0.29, 0.717) is 0 Å². The second kappa shape index (κ2) is 3.21. The molecule has 0 saturated carbocycles. The van der Waals surface area contributed by atoms with Crippen LogP contribution in [0.4, 0.5) is 5.69 Å². The lowest BCUT2D eigenvalue weighted by Crippen LogP contribution is -3.33. The highest BCUT2D eigenvalue weighted by Gasteiger charge is 2.19. The summed E-state index contributed by atoms with van der Waals surface area (Å²) < 4.78 is 1.33. The minimum Gasteiger partial charge on any atom is -0.366 e. The highest BCUT2D eigenvalue weighted by molar-refractivity contribution is 7.12. The summed E-state index contributed by atoms with van der Waals surface area (Å²) in [5.41, 5.74) is 1.21. The van der Waals surface area contributed by atoms with E-state index >= 15 is 0 Å². The zero-order valence-electron chi connectivity index (χ0n) is 6.55. The molecule has 2 rings (SSSR count). The summed E-state index contributed by atoms with van der Waals surface area (Å²) in [5, 5.41) is 6.46. The molecule has 3 nitrogen and oxygen atoms in total. The summed E-state index contributed by atoms with van der Waals surface area (Å²) in [6, 6.07) is 2.16. The molecule has 64 valence electrons. The van der Waals surface area contributed by atoms with Gasteiger partial charge in [0.15, 0.2) is 0 Å². The van der Waals surface area contributed by atoms with E-state index in [4.69, 9.17) is 0 Å². The third-order valence-electron chi connectivity index (χ3n) is 1.68. The maximum atomic E-state index is 4.18. The summed E-state index contributed by atoms with van der Waals surface area (Å²) in [5.74, 6) is 1.00. The van der Waals surface area contributed by atoms with Crippen molar-refractivity contribution in [3.63, 3.8) is 0 Å². The highest BCUT2D eigenvalue weighted by atomic mass is 127. The fourth-order valence-electron chi connectivity index (χ4n) is 1.16. The smallest absolute Gasteiger partial charge is 0.308 e. The molecular weight excluding hydrogens is 285 g/mol. The fraction of sp³-hybridized carbons (Fsp3) is 0.286. The first-order valence-corrected chi connectivity index (χ1v) is 5.55. The van der Waals surface area contributed by atoms with Gasteiger partial charge in [-0.3, -0.25) is 4.99 Å². The van der Waals surface area contributed by atoms with Crippen LogP contribution in [0.15, 0.2) is 11.1 Å². The summed E-state index contributed by atoms with van der Waals surface area (Å²) in [7, 11) is 1.81. The topological polar surface area (TPSA) is 36.4 Å². The maximum Gasteiger partial charge on any atom is 0.308 e. The van der Waals surface area contributed by atoms with E-state index in [-0.39, 0.29) is 0 Å². The summed E-state index contributed by atoms with van der Waals surface area (Å²) in [6.45, 7) is 0.775. The molecule has 0 fully saturated rings. The van der Waals surface area contributed by atoms with E-state index in [1.54, 1.807) is 11.3 Å². The van der Waals surface area contributed by atoms with Crippen molar-refractivity contribution < 1.29 is 22.6 Å². The van der Waals surface area contributed by atoms with Gasteiger partial charge < -0.3 is 10.6 Å². The summed E-state index contributed by atoms with van der Waals surface area (Å²) in [4.78, 5) is 5.41. The molecule has 0 aromatic carbocycles. The van der Waals surface area contributed by atoms with Gasteiger partial charge in [-0.2, -0.15) is 0 Å². The Labute approximate surface area is 88.4 Å². The van der Waals surface area contributed by atoms with Crippen molar-refractivity contribution in [2.45, 2.75) is 0 Å². The Balaban J connectivity index is 2.50. The third kappa shape index (κ3) is 1.31. The molecule has 0 radical (unpaired) electrons. The first-order valence-electron chi connectivity index (χ1n) is 3.57. The molecule has 2 N–H and O–H groups in total. The van der Waals surface area contributed by atoms with Gasteiger partial charge in [0.05, 0.1) is 17.2 Å². The van der Waals surface area contributed by atoms with Crippen LogP contribution < -0.4 is 33.2 Å². The number of nitrogens with one attached hydrogen (secondary N) is 2. The summed E-state index contributed by atoms with van der Waals surface area (Å²) >= 11 is 3.81. The van der Waals surface area contributed by atoms with Crippen molar-refractivity contribution in [1.82, 2.24) is 5.32 Å². The first-order chi connectivity index (χ1) is 5.81. The average molecular weight is 294 g/mol. The van der Waals surface area contributed by atoms with Crippen LogP contribution in [0.5, 0.6) is 0 Å². The standard InChI is InChI=1S/C7H9IN3S/c1-9-7-6-4(10-3-11-7)2-5(8)12-6/h2,8,10H,3H2,1H3,(H,9,11)/q+1. The number of hydrogen-bond donors (Lipinski definition) is 2. The van der Waals surface area contributed by atoms with Crippen LogP contribution in [0, 0.1) is 2.88 Å². The van der Waals surface area contributed by atoms with Crippen molar-refractivity contribution in [3.05, 3.63) is 13.8 Å². The van der Waals surface area contributed by atoms with Crippen LogP contribution in [-0.4, -0.2) is 19.6 Å². The Hall–Kier alpha value is -0.300. The van der Waals surface area contributed by atoms with Crippen molar-refractivity contribution in [2.24, 2.45) is 4.99 Å². The van der Waals surface area contributed by atoms with E-state index in [0.717, 1.165) is 12.5 Å². The van der Waals surface area contributed by atoms with E-state index in [1.807, 2.05) is 29.6 Å². The zero-order chi connectivity index (χ0) is 8.55. The molecule has 1 aliphatic rings. The Bertz CT molecular complexity index is 331. The Kier molecular flexibility index (Phi) is 2.22. The highest BCUT2D eigenvalue weighted by Crippen LogP contribution is 2.24. The summed E-state index contributed by atoms with van der Waals surface area (Å²) in [6.07, 6.45) is 0. The molecule has 0 atom stereocenters. The van der Waals surface area contributed by atoms with Gasteiger partial charge in [0.2, 0.25) is 2.88 Å². The van der Waals surface area contributed by atoms with Crippen LogP contribution in [-0.2, 0) is 0 Å². The zero-order valence-corrected chi connectivity index (χ0v) is 9.70. The predicted molar refractivity (Wildman–Crippen MR) is 48.5 cm³/mol. The van der Waals surface area contributed by atoms with Crippen molar-refractivity contribution in [2.75, 3.05) is 19.0 Å². The van der Waals surface area contributed by atoms with Gasteiger partial charge in [0.1, 0.15) is 5.84 Å². The van der Waals surface area contributed by atoms with Crippen LogP contribution in [0.2, 0.25) is 0 Å². The maximum absolute atomic E-state index is 4.18. The fourth-order valence-corrected chi connectivity index (χ4v) is 3.09. The molecule has 1 aromatic heterocycles. The molecule has 0 spiro atoms. The molecule has 0 saturated heterocycles. The van der Waals surface area contributed by atoms with E-state index in [1.165, 1.54) is 13.4 Å². The second-order valence-corrected chi connectivity index (χ2v) is 5.53. The molecule has 1 aromatic rings. The molecule has 12 heavy (non-hydrogen) atoms. The molecule has 5 heteroatoms. The number of amidine groups is 1. The van der Waals surface area contributed by atoms with E-state index in [9.17, 15) is 0 Å². The van der Waals surface area contributed by atoms with Crippen LogP contribution >= 0.6 is 11.3 Å². The van der Waals surface area contributed by atoms with Gasteiger partial charge in [-0.1, -0.05) is 11.3 Å². The molecular formula is C7H9IN3S+. The van der Waals surface area contributed by atoms with Crippen LogP contribution in [0.25, 0.3) is 0 Å². The average Bonchev–Trinajstić information content (AvgIpc) is 2.44. The number of fused-ring (bicyclic) bond motifs is 1. The lowest BCUT2D eigenvalue weighted by molar-refractivity contribution is -0.319. The van der Waals surface area contributed by atoms with Gasteiger partial charge in [-0.05, 0) is 0 Å². The molecule has 0 bridgehead atoms. The number of nitrogens with zero attached hydrogens (tertiary/aromatic N) is 1. The van der Waals surface area contributed by atoms with E-state index in [2.05, 4.69) is 21.7 Å². The van der Waals surface area contributed by atoms with Crippen molar-refractivity contribution in [1.29, 1.82) is 0 Å². The Morgan fingerprint density at radius 1 is 1.58 bits per heavy atom. The molecule has 1 aliphatic heterocycles. The van der Waals surface area contributed by atoms with Crippen LogP contribution in [0.1, 0.15) is 4.88 Å². The minimum absolute atomic E-state index is 0.775. The van der Waals surface area contributed by atoms with Gasteiger partial charge in [0, 0.05) is 13.1 Å². The molecule has 0 unspecified atom stereocenters. The molecule has 0 aliphatic carbocycles. The third-order valence-corrected chi connectivity index (χ3v) is 3.67. The lowest BCUT2D eigenvalue weighted by atomic mass is 10.3. The van der Waals surface area contributed by atoms with Gasteiger partial charge in [-0.25, -0.2) is 0 Å². The normalized spacial score (nSPS) is 18.3. The minimum atomic E-state index is 0.775.